The Labute approximate surface area is 879 Å². The second-order valence-electron chi connectivity index (χ2n) is 34.4. The molecule has 46 nitrogen and oxygen atoms in total. The van der Waals surface area contributed by atoms with Crippen molar-refractivity contribution in [2.24, 2.45) is 68.8 Å². The van der Waals surface area contributed by atoms with Crippen molar-refractivity contribution in [2.75, 3.05) is 100 Å². The molecule has 12 unspecified atom stereocenters. The molecule has 0 aromatic rings. The molecule has 0 bridgehead atoms. The maximum Gasteiger partial charge on any atom is 0.322 e. The summed E-state index contributed by atoms with van der Waals surface area (Å²) in [5.41, 5.74) is 72.6. The summed E-state index contributed by atoms with van der Waals surface area (Å²) in [6, 6.07) is -9.95. The quantitative estimate of drug-likeness (QED) is 0.0187. The average Bonchev–Trinajstić information content (AvgIpc) is 0.955. The molecule has 0 saturated carbocycles. The number of aliphatic carboxylic acids is 12. The molecule has 0 saturated heterocycles. The predicted molar refractivity (Wildman–Crippen MR) is 579 cm³/mol. The first kappa shape index (κ1) is 162. The highest BCUT2D eigenvalue weighted by atomic mass is 32.2. The van der Waals surface area contributed by atoms with Crippen LogP contribution in [-0.4, -0.2) is 335 Å². The van der Waals surface area contributed by atoms with E-state index >= 15 is 0 Å². The lowest BCUT2D eigenvalue weighted by Gasteiger charge is -2.06. The number of carbonyl (C=O) groups excluding carboxylic acids is 5. The van der Waals surface area contributed by atoms with Crippen molar-refractivity contribution in [3.05, 3.63) is 122 Å². The van der Waals surface area contributed by atoms with Gasteiger partial charge in [0.15, 0.2) is 0 Å². The van der Waals surface area contributed by atoms with Crippen LogP contribution in [0.3, 0.4) is 0 Å². The number of nitrogens with one attached hydrogen (secondary N) is 2. The third kappa shape index (κ3) is 149. The Balaban J connectivity index is -0.000000135. The number of carboxylic acid groups (broad SMARTS) is 12. The number of carbonyl (C=O) groups is 17. The van der Waals surface area contributed by atoms with Gasteiger partial charge < -0.3 is 155 Å². The number of thioether (sulfide) groups is 3. The highest BCUT2D eigenvalue weighted by Crippen LogP contribution is 2.13. The second-order valence-corrected chi connectivity index (χ2v) is 37.6. The molecule has 38 N–H and O–H groups in total. The summed E-state index contributed by atoms with van der Waals surface area (Å²) < 4.78 is 15.2. The van der Waals surface area contributed by atoms with Gasteiger partial charge in [0.1, 0.15) is 101 Å². The Hall–Kier alpha value is -10.2. The number of rotatable bonds is 72. The highest BCUT2D eigenvalue weighted by molar-refractivity contribution is 7.99. The van der Waals surface area contributed by atoms with E-state index < -0.39 is 144 Å². The zero-order chi connectivity index (χ0) is 117. The summed E-state index contributed by atoms with van der Waals surface area (Å²) in [6.45, 7) is 62.8. The summed E-state index contributed by atoms with van der Waals surface area (Å²) in [6.07, 6.45) is 8.93. The van der Waals surface area contributed by atoms with Crippen molar-refractivity contribution in [1.29, 1.82) is 0 Å². The normalized spacial score (nSPS) is 12.4. The van der Waals surface area contributed by atoms with Gasteiger partial charge in [-0.15, -0.1) is 6.58 Å². The van der Waals surface area contributed by atoms with Crippen molar-refractivity contribution in [1.82, 2.24) is 10.6 Å². The van der Waals surface area contributed by atoms with E-state index in [2.05, 4.69) is 76.4 Å². The van der Waals surface area contributed by atoms with Crippen LogP contribution in [0, 0.1) is 0 Å². The topological polar surface area (TPSA) is 897 Å². The fourth-order valence-corrected chi connectivity index (χ4v) is 11.1. The Kier molecular flexibility index (Phi) is 118. The monoisotopic (exact) mass is 2160 g/mol. The number of Topliss-reactive ketones (excluding diaryl/α,β-unsaturated/α-hetero) is 5. The molecule has 0 spiro atoms. The van der Waals surface area contributed by atoms with Crippen LogP contribution in [0.4, 0.5) is 0 Å². The number of carboxylic acids is 12. The van der Waals surface area contributed by atoms with Gasteiger partial charge in [-0.25, -0.2) is 0 Å². The minimum atomic E-state index is -1.15. The molecule has 0 aliphatic heterocycles. The zero-order valence-corrected chi connectivity index (χ0v) is 90.8. The van der Waals surface area contributed by atoms with E-state index in [0.29, 0.717) is 122 Å². The van der Waals surface area contributed by atoms with E-state index in [9.17, 15) is 81.5 Å². The van der Waals surface area contributed by atoms with Crippen LogP contribution in [0.25, 0.3) is 0 Å². The number of hydrogen-bond donors (Lipinski definition) is 26. The van der Waals surface area contributed by atoms with Crippen LogP contribution < -0.4 is 79.4 Å². The molecule has 0 amide bonds. The number of allylic oxidation sites excluding steroid dienone is 3. The van der Waals surface area contributed by atoms with Crippen molar-refractivity contribution in [3.8, 4) is 0 Å². The average molecular weight is 2160 g/mol. The minimum absolute atomic E-state index is 0.0268. The maximum atomic E-state index is 11.2. The van der Waals surface area contributed by atoms with E-state index in [1.807, 2.05) is 48.5 Å². The summed E-state index contributed by atoms with van der Waals surface area (Å²) in [5.74, 6) is -7.70. The summed E-state index contributed by atoms with van der Waals surface area (Å²) in [5, 5.41) is 107. The van der Waals surface area contributed by atoms with E-state index in [-0.39, 0.29) is 74.2 Å². The van der Waals surface area contributed by atoms with Crippen molar-refractivity contribution < 1.29 is 157 Å². The lowest BCUT2D eigenvalue weighted by molar-refractivity contribution is -0.140. The van der Waals surface area contributed by atoms with Crippen molar-refractivity contribution >= 4 is 136 Å². The Morgan fingerprint density at radius 3 is 0.925 bits per heavy atom. The van der Waals surface area contributed by atoms with Crippen LogP contribution in [0.2, 0.25) is 0 Å². The molecular formula is C98H180N14O32S3. The third-order valence-electron chi connectivity index (χ3n) is 16.3. The van der Waals surface area contributed by atoms with Crippen LogP contribution in [-0.2, 0) is 95.7 Å². The van der Waals surface area contributed by atoms with Gasteiger partial charge in [0.05, 0.1) is 39.4 Å². The van der Waals surface area contributed by atoms with Crippen molar-refractivity contribution in [2.45, 2.75) is 290 Å². The summed E-state index contributed by atoms with van der Waals surface area (Å²) in [7, 11) is 0. The molecule has 49 heteroatoms. The molecule has 0 aromatic carbocycles. The first-order valence-corrected chi connectivity index (χ1v) is 49.8. The molecule has 12 atom stereocenters. The van der Waals surface area contributed by atoms with Crippen LogP contribution in [0.5, 0.6) is 0 Å². The van der Waals surface area contributed by atoms with E-state index in [4.69, 9.17) is 144 Å². The molecule has 0 aliphatic carbocycles. The first-order chi connectivity index (χ1) is 67.6. The van der Waals surface area contributed by atoms with Gasteiger partial charge in [0.25, 0.3) is 0 Å². The maximum absolute atomic E-state index is 11.2. The number of hydrogen-bond acceptors (Lipinski definition) is 37. The van der Waals surface area contributed by atoms with Gasteiger partial charge in [0, 0.05) is 74.9 Å². The Bertz CT molecular complexity index is 3660. The number of nitrogens with two attached hydrogens (primary N) is 12. The second kappa shape index (κ2) is 107. The summed E-state index contributed by atoms with van der Waals surface area (Å²) in [4.78, 5) is 177. The Morgan fingerprint density at radius 2 is 0.565 bits per heavy atom. The van der Waals surface area contributed by atoms with Gasteiger partial charge in [-0.1, -0.05) is 115 Å². The zero-order valence-electron chi connectivity index (χ0n) is 88.3. The Morgan fingerprint density at radius 1 is 0.252 bits per heavy atom. The SMILES string of the molecule is C=C(C)CC(=O)CC(N)C(=O)O.C=C(C)CC(=O)CCCC(N)C(=O)O.C=C(C)CCCC(N)C(=O)O.C=C(C)CNCCCC(N)C(=O)O.C=C(C)COCC(N)C(=O)O.C=C(C)COCCC(N)C(=O)O.C=C(C)COCCCC(N)C(=O)O.C=C(C)CSCC(N)C(=O)O.C=C(C)CSCCC(N)C(=O)O.C=C(C)CSCCCC(N)C(=O)O.CC(=O)CC(=O)CCC(N)C(=O)O.CC(=O)CNCCC(N)C(=O)O. The molecule has 0 aromatic heterocycles. The molecule has 0 rings (SSSR count). The fraction of sp³-hybridized carbons (Fsp3) is 0.622. The molecule has 852 valence electrons. The minimum Gasteiger partial charge on any atom is -0.480 e. The number of ether oxygens (including phenoxy) is 3. The summed E-state index contributed by atoms with van der Waals surface area (Å²) >= 11 is 4.92. The van der Waals surface area contributed by atoms with Crippen LogP contribution >= 0.6 is 35.3 Å². The standard InChI is InChI=1S/C10H17NO3.C9H18N2O2.C9H17NO3.C9H17NO2S.C8H13NO4.C8H13NO3.C8H15NO3.C8H15NO2S.C8H15NO2.C7H14N2O3.C7H13NO3.C7H13NO2S/c1-7(2)6-8(12)4-3-5-9(11)10(13)14;1-7(2)6-11-5-3-4-8(10)9(12)13;2*1-7(2)6-13-5-3-4-8(10)9(11)12;1-5(10)4-6(11)2-3-7(9)8(12)13;1-5(2)3-6(10)4-7(9)8(11)12;2*1-6(2)5-12-4-3-7(9)8(10)11;1-6(2)4-3-5-7(9)8(10)11;1-5(10)4-9-3-2-6(8)7(11)12;2*1-5(2)3-11-4-6(8)7(9)10/h9H,1,3-6,11H2,2H3,(H,13,14);8,11H,1,3-6,10H2,2H3,(H,12,13);2*8H,1,3-6,10H2,2H3,(H,11,12);7H,2-4,9H2,1H3,(H,12,13);7H,1,3-4,9H2,2H3,(H,11,12);2*7H,1,3-5,9H2,2H3,(H,10,11);7H,1,3-5,9H2,2H3,(H,10,11);6,9H,2-4,8H2,1H3,(H,11,12);2*6H,1,3-4,8H2,2H3,(H,9,10). The van der Waals surface area contributed by atoms with Crippen LogP contribution in [0.15, 0.2) is 122 Å². The number of ketones is 5. The van der Waals surface area contributed by atoms with E-state index in [1.165, 1.54) is 25.6 Å². The first-order valence-electron chi connectivity index (χ1n) is 46.3. The largest absolute Gasteiger partial charge is 0.480 e. The predicted octanol–water partition coefficient (Wildman–Crippen LogP) is 6.05. The lowest BCUT2D eigenvalue weighted by Crippen LogP contribution is -2.35. The van der Waals surface area contributed by atoms with Gasteiger partial charge in [0.2, 0.25) is 0 Å². The lowest BCUT2D eigenvalue weighted by atomic mass is 10.0. The smallest absolute Gasteiger partial charge is 0.322 e. The molecule has 0 radical (unpaired) electrons. The van der Waals surface area contributed by atoms with Crippen molar-refractivity contribution in [3.63, 3.8) is 0 Å². The molecule has 0 fully saturated rings. The molecule has 0 heterocycles. The van der Waals surface area contributed by atoms with E-state index in [0.717, 1.165) is 123 Å². The van der Waals surface area contributed by atoms with Crippen LogP contribution in [0.1, 0.15) is 218 Å². The fourth-order valence-electron chi connectivity index (χ4n) is 8.45. The van der Waals surface area contributed by atoms with Gasteiger partial charge in [-0.3, -0.25) is 81.5 Å². The van der Waals surface area contributed by atoms with Gasteiger partial charge >= 0.3 is 71.6 Å². The highest BCUT2D eigenvalue weighted by Gasteiger charge is 2.21. The molecule has 0 aliphatic rings. The van der Waals surface area contributed by atoms with Gasteiger partial charge in [-0.05, 0) is 204 Å². The molecule has 147 heavy (non-hydrogen) atoms. The van der Waals surface area contributed by atoms with Gasteiger partial charge in [-0.2, -0.15) is 35.3 Å². The third-order valence-corrected chi connectivity index (χ3v) is 20.0. The van der Waals surface area contributed by atoms with E-state index in [1.54, 1.807) is 44.3 Å². The molecular weight excluding hydrogens is 1980 g/mol.